The Kier molecular flexibility index (Phi) is 3.77. The molecule has 0 aliphatic carbocycles. The number of hydrogen-bond acceptors (Lipinski definition) is 4. The Morgan fingerprint density at radius 1 is 1.15 bits per heavy atom. The largest absolute Gasteiger partial charge is 0.482 e. The van der Waals surface area contributed by atoms with Gasteiger partial charge >= 0.3 is 12.0 Å². The van der Waals surface area contributed by atoms with Gasteiger partial charge in [0.15, 0.2) is 5.75 Å². The number of ether oxygens (including phenoxy) is 2. The molecule has 7 nitrogen and oxygen atoms in total. The molecule has 2 aromatic rings. The van der Waals surface area contributed by atoms with E-state index < -0.39 is 29.1 Å². The molecular formula is C15H11ClF3N3O4. The van der Waals surface area contributed by atoms with Crippen molar-refractivity contribution in [3.8, 4) is 16.9 Å². The van der Waals surface area contributed by atoms with Crippen LogP contribution in [0.25, 0.3) is 11.1 Å². The first-order chi connectivity index (χ1) is 12.3. The first-order valence-corrected chi connectivity index (χ1v) is 7.96. The smallest absolute Gasteiger partial charge is 0.423 e. The fourth-order valence-corrected chi connectivity index (χ4v) is 3.30. The summed E-state index contributed by atoms with van der Waals surface area (Å²) in [5.41, 5.74) is -1.07. The number of fused-ring (bicyclic) bond motifs is 2. The molecular weight excluding hydrogens is 379 g/mol. The minimum absolute atomic E-state index is 0.00673. The maximum atomic E-state index is 14.5. The number of alkyl halides is 2. The van der Waals surface area contributed by atoms with E-state index in [0.717, 1.165) is 6.07 Å². The third-order valence-electron chi connectivity index (χ3n) is 4.16. The number of nitrogens with one attached hydrogen (secondary N) is 1. The summed E-state index contributed by atoms with van der Waals surface area (Å²) in [7, 11) is 0. The normalized spacial score (nSPS) is 18.4. The number of carbonyl (C=O) groups excluding carboxylic acids is 1. The van der Waals surface area contributed by atoms with Crippen LogP contribution in [0.2, 0.25) is 5.15 Å². The van der Waals surface area contributed by atoms with Crippen molar-refractivity contribution >= 4 is 23.2 Å². The summed E-state index contributed by atoms with van der Waals surface area (Å²) in [4.78, 5) is 24.0. The van der Waals surface area contributed by atoms with Crippen LogP contribution >= 0.6 is 11.6 Å². The van der Waals surface area contributed by atoms with Gasteiger partial charge in [0.05, 0.1) is 37.6 Å². The standard InChI is InChI=1S/C15H11ClF3N3O4/c16-12-11(13(23)22-2-4-25-3-1-21(12)22)7-5-9-10(6-8(7)17)26-15(18,19)14(24)20-9/h5-6H,1-4H2,(H,20,24). The number of carbonyl (C=O) groups is 1. The molecule has 0 bridgehead atoms. The lowest BCUT2D eigenvalue weighted by molar-refractivity contribution is -0.189. The molecule has 11 heteroatoms. The van der Waals surface area contributed by atoms with Gasteiger partial charge in [0, 0.05) is 11.6 Å². The number of halogens is 4. The third-order valence-corrected chi connectivity index (χ3v) is 4.54. The molecule has 0 saturated heterocycles. The van der Waals surface area contributed by atoms with E-state index in [2.05, 4.69) is 4.74 Å². The van der Waals surface area contributed by atoms with Gasteiger partial charge in [-0.1, -0.05) is 11.6 Å². The van der Waals surface area contributed by atoms with Crippen LogP contribution in [0.5, 0.6) is 5.75 Å². The second kappa shape index (κ2) is 5.78. The Bertz CT molecular complexity index is 985. The van der Waals surface area contributed by atoms with Crippen molar-refractivity contribution in [1.29, 1.82) is 0 Å². The Labute approximate surface area is 148 Å². The number of hydrogen-bond donors (Lipinski definition) is 1. The van der Waals surface area contributed by atoms with Crippen LogP contribution in [0.15, 0.2) is 16.9 Å². The third kappa shape index (κ3) is 2.48. The van der Waals surface area contributed by atoms with Crippen molar-refractivity contribution < 1.29 is 27.4 Å². The zero-order valence-electron chi connectivity index (χ0n) is 13.0. The number of anilines is 1. The van der Waals surface area contributed by atoms with Crippen LogP contribution in [-0.2, 0) is 22.6 Å². The Hall–Kier alpha value is -2.46. The van der Waals surface area contributed by atoms with E-state index in [-0.39, 0.29) is 28.5 Å². The average molecular weight is 390 g/mol. The number of rotatable bonds is 1. The van der Waals surface area contributed by atoms with Gasteiger partial charge in [0.2, 0.25) is 0 Å². The van der Waals surface area contributed by atoms with Crippen molar-refractivity contribution in [1.82, 2.24) is 9.36 Å². The topological polar surface area (TPSA) is 74.5 Å². The van der Waals surface area contributed by atoms with E-state index in [1.165, 1.54) is 9.36 Å². The predicted molar refractivity (Wildman–Crippen MR) is 84.1 cm³/mol. The van der Waals surface area contributed by atoms with Crippen molar-refractivity contribution in [2.45, 2.75) is 19.2 Å². The maximum absolute atomic E-state index is 14.5. The number of aromatic nitrogens is 2. The van der Waals surface area contributed by atoms with Gasteiger partial charge in [-0.15, -0.1) is 0 Å². The molecule has 2 aliphatic heterocycles. The molecule has 26 heavy (non-hydrogen) atoms. The van der Waals surface area contributed by atoms with Crippen LogP contribution < -0.4 is 15.6 Å². The fourth-order valence-electron chi connectivity index (χ4n) is 2.94. The number of benzene rings is 1. The van der Waals surface area contributed by atoms with E-state index in [1.54, 1.807) is 0 Å². The average Bonchev–Trinajstić information content (AvgIpc) is 2.75. The molecule has 1 aromatic heterocycles. The summed E-state index contributed by atoms with van der Waals surface area (Å²) in [5, 5.41) is 1.93. The minimum atomic E-state index is -4.11. The van der Waals surface area contributed by atoms with E-state index in [1.807, 2.05) is 5.32 Å². The van der Waals surface area contributed by atoms with Crippen molar-refractivity contribution in [3.63, 3.8) is 0 Å². The summed E-state index contributed by atoms with van der Waals surface area (Å²) < 4.78 is 53.5. The van der Waals surface area contributed by atoms with Crippen LogP contribution in [0, 0.1) is 5.82 Å². The molecule has 1 aromatic carbocycles. The Balaban J connectivity index is 1.87. The van der Waals surface area contributed by atoms with Gasteiger partial charge in [-0.25, -0.2) is 9.07 Å². The molecule has 3 heterocycles. The molecule has 1 N–H and O–H groups in total. The van der Waals surface area contributed by atoms with Crippen molar-refractivity contribution in [3.05, 3.63) is 33.5 Å². The molecule has 0 atom stereocenters. The van der Waals surface area contributed by atoms with E-state index in [0.29, 0.717) is 25.8 Å². The quantitative estimate of drug-likeness (QED) is 0.810. The van der Waals surface area contributed by atoms with E-state index in [4.69, 9.17) is 16.3 Å². The van der Waals surface area contributed by atoms with Crippen LogP contribution in [-0.4, -0.2) is 34.6 Å². The molecule has 0 spiro atoms. The SMILES string of the molecule is O=C1Nc2cc(-c3c(Cl)n4n(c3=O)CCOCC4)c(F)cc2OC1(F)F. The van der Waals surface area contributed by atoms with E-state index >= 15 is 0 Å². The van der Waals surface area contributed by atoms with E-state index in [9.17, 15) is 22.8 Å². The van der Waals surface area contributed by atoms with Crippen molar-refractivity contribution in [2.75, 3.05) is 18.5 Å². The molecule has 0 unspecified atom stereocenters. The highest BCUT2D eigenvalue weighted by atomic mass is 35.5. The Morgan fingerprint density at radius 3 is 2.58 bits per heavy atom. The van der Waals surface area contributed by atoms with Gasteiger partial charge in [-0.2, -0.15) is 8.78 Å². The highest BCUT2D eigenvalue weighted by Crippen LogP contribution is 2.40. The number of amides is 1. The molecule has 2 aliphatic rings. The second-order valence-electron chi connectivity index (χ2n) is 5.73. The van der Waals surface area contributed by atoms with Gasteiger partial charge in [0.1, 0.15) is 11.0 Å². The maximum Gasteiger partial charge on any atom is 0.482 e. The Morgan fingerprint density at radius 2 is 1.85 bits per heavy atom. The van der Waals surface area contributed by atoms with Crippen LogP contribution in [0.1, 0.15) is 0 Å². The molecule has 0 radical (unpaired) electrons. The highest BCUT2D eigenvalue weighted by Gasteiger charge is 2.46. The zero-order chi connectivity index (χ0) is 18.6. The lowest BCUT2D eigenvalue weighted by Crippen LogP contribution is -2.43. The summed E-state index contributed by atoms with van der Waals surface area (Å²) >= 11 is 6.27. The molecule has 4 rings (SSSR count). The molecule has 138 valence electrons. The lowest BCUT2D eigenvalue weighted by Gasteiger charge is -2.25. The summed E-state index contributed by atoms with van der Waals surface area (Å²) in [5.74, 6) is -3.20. The zero-order valence-corrected chi connectivity index (χ0v) is 13.8. The van der Waals surface area contributed by atoms with Crippen LogP contribution in [0.4, 0.5) is 18.9 Å². The first-order valence-electron chi connectivity index (χ1n) is 7.58. The van der Waals surface area contributed by atoms with Gasteiger partial charge in [0.25, 0.3) is 5.56 Å². The lowest BCUT2D eigenvalue weighted by atomic mass is 10.1. The highest BCUT2D eigenvalue weighted by molar-refractivity contribution is 6.32. The second-order valence-corrected chi connectivity index (χ2v) is 6.09. The van der Waals surface area contributed by atoms with Crippen LogP contribution in [0.3, 0.4) is 0 Å². The van der Waals surface area contributed by atoms with Gasteiger partial charge in [-0.05, 0) is 6.07 Å². The molecule has 0 fully saturated rings. The summed E-state index contributed by atoms with van der Waals surface area (Å²) in [6.07, 6.45) is -4.11. The minimum Gasteiger partial charge on any atom is -0.423 e. The molecule has 1 amide bonds. The van der Waals surface area contributed by atoms with Gasteiger partial charge in [-0.3, -0.25) is 14.3 Å². The number of nitrogens with zero attached hydrogens (tertiary/aromatic N) is 2. The first kappa shape index (κ1) is 17.0. The van der Waals surface area contributed by atoms with Crippen molar-refractivity contribution in [2.24, 2.45) is 0 Å². The molecule has 0 saturated carbocycles. The summed E-state index contributed by atoms with van der Waals surface area (Å²) in [6.45, 7) is 1.16. The predicted octanol–water partition coefficient (Wildman–Crippen LogP) is 2.06. The fraction of sp³-hybridized carbons (Fsp3) is 0.333. The summed E-state index contributed by atoms with van der Waals surface area (Å²) in [6, 6.07) is 1.74. The monoisotopic (exact) mass is 389 g/mol. The van der Waals surface area contributed by atoms with Gasteiger partial charge < -0.3 is 14.8 Å².